The number of aliphatic carboxylic acids is 1. The Balaban J connectivity index is 4.54. The van der Waals surface area contributed by atoms with E-state index in [9.17, 15) is 28.9 Å². The molecule has 0 aliphatic rings. The molecule has 0 radical (unpaired) electrons. The lowest BCUT2D eigenvalue weighted by Gasteiger charge is -2.20. The van der Waals surface area contributed by atoms with Crippen molar-refractivity contribution in [1.29, 1.82) is 0 Å². The maximum Gasteiger partial charge on any atom is 0.472 e. The normalized spacial score (nSPS) is 15.0. The summed E-state index contributed by atoms with van der Waals surface area (Å²) >= 11 is 0. The van der Waals surface area contributed by atoms with Crippen molar-refractivity contribution in [2.45, 2.75) is 167 Å². The van der Waals surface area contributed by atoms with Crippen LogP contribution in [0.1, 0.15) is 149 Å². The third-order valence-corrected chi connectivity index (χ3v) is 9.12. The van der Waals surface area contributed by atoms with E-state index in [4.69, 9.17) is 24.8 Å². The number of ether oxygens (including phenoxy) is 2. The summed E-state index contributed by atoms with van der Waals surface area (Å²) in [5.41, 5.74) is 5.31. The van der Waals surface area contributed by atoms with Gasteiger partial charge in [0.2, 0.25) is 0 Å². The van der Waals surface area contributed by atoms with Gasteiger partial charge in [-0.05, 0) is 57.8 Å². The number of allylic oxidation sites excluding steroid dienone is 7. The Labute approximate surface area is 318 Å². The molecule has 0 bridgehead atoms. The number of unbranched alkanes of at least 4 members (excludes halogenated alkanes) is 13. The first-order valence-electron chi connectivity index (χ1n) is 19.8. The maximum atomic E-state index is 12.6. The molecule has 306 valence electrons. The number of hydrogen-bond donors (Lipinski definition) is 4. The summed E-state index contributed by atoms with van der Waals surface area (Å²) in [4.78, 5) is 45.8. The molecule has 0 aliphatic heterocycles. The summed E-state index contributed by atoms with van der Waals surface area (Å²) in [6.45, 7) is 2.52. The van der Waals surface area contributed by atoms with Crippen molar-refractivity contribution in [2.75, 3.05) is 19.8 Å². The van der Waals surface area contributed by atoms with Gasteiger partial charge in [0.25, 0.3) is 0 Å². The van der Waals surface area contributed by atoms with E-state index in [-0.39, 0.29) is 19.4 Å². The largest absolute Gasteiger partial charge is 0.480 e. The molecule has 0 aliphatic carbocycles. The topological polar surface area (TPSA) is 192 Å². The summed E-state index contributed by atoms with van der Waals surface area (Å²) in [7, 11) is -4.74. The van der Waals surface area contributed by atoms with Gasteiger partial charge in [-0.15, -0.1) is 0 Å². The van der Waals surface area contributed by atoms with Gasteiger partial charge in [0.05, 0.1) is 19.3 Å². The molecule has 0 heterocycles. The monoisotopic (exact) mass is 771 g/mol. The first-order valence-corrected chi connectivity index (χ1v) is 21.3. The van der Waals surface area contributed by atoms with E-state index in [1.807, 2.05) is 18.2 Å². The van der Waals surface area contributed by atoms with Crippen LogP contribution in [0.2, 0.25) is 0 Å². The number of phosphoric acid groups is 1. The minimum Gasteiger partial charge on any atom is -0.480 e. The van der Waals surface area contributed by atoms with Gasteiger partial charge in [-0.2, -0.15) is 0 Å². The number of nitrogens with two attached hydrogens (primary N) is 1. The fourth-order valence-corrected chi connectivity index (χ4v) is 5.78. The molecule has 2 unspecified atom stereocenters. The SMILES string of the molecule is CC/C=C/C/C=C/C=C/C(O)CCCCCCCC(=O)O[C@H](COC(=O)CCCCCCC/C=C\CCCCCC)COP(=O)(O)OC[C@H](N)C(=O)O. The summed E-state index contributed by atoms with van der Waals surface area (Å²) < 4.78 is 32.5. The van der Waals surface area contributed by atoms with Crippen molar-refractivity contribution >= 4 is 25.7 Å². The summed E-state index contributed by atoms with van der Waals surface area (Å²) in [5.74, 6) is -2.49. The average molecular weight is 772 g/mol. The fourth-order valence-electron chi connectivity index (χ4n) is 5.01. The van der Waals surface area contributed by atoms with Crippen LogP contribution in [0.5, 0.6) is 0 Å². The van der Waals surface area contributed by atoms with Gasteiger partial charge in [0.15, 0.2) is 6.10 Å². The molecule has 0 spiro atoms. The van der Waals surface area contributed by atoms with Gasteiger partial charge in [-0.1, -0.05) is 127 Å². The van der Waals surface area contributed by atoms with Crippen LogP contribution in [0.15, 0.2) is 48.6 Å². The molecule has 0 aromatic carbocycles. The molecule has 53 heavy (non-hydrogen) atoms. The van der Waals surface area contributed by atoms with Crippen LogP contribution >= 0.6 is 7.82 Å². The lowest BCUT2D eigenvalue weighted by atomic mass is 10.1. The first kappa shape index (κ1) is 50.4. The molecular formula is C40H70NO11P. The highest BCUT2D eigenvalue weighted by atomic mass is 31.2. The molecule has 0 saturated heterocycles. The number of rotatable bonds is 36. The van der Waals surface area contributed by atoms with Crippen molar-refractivity contribution in [3.63, 3.8) is 0 Å². The van der Waals surface area contributed by atoms with Crippen LogP contribution in [0.4, 0.5) is 0 Å². The van der Waals surface area contributed by atoms with Crippen molar-refractivity contribution in [3.05, 3.63) is 48.6 Å². The minimum absolute atomic E-state index is 0.0884. The highest BCUT2D eigenvalue weighted by Crippen LogP contribution is 2.43. The van der Waals surface area contributed by atoms with Crippen molar-refractivity contribution in [3.8, 4) is 0 Å². The molecule has 12 nitrogen and oxygen atoms in total. The number of carboxylic acids is 1. The Morgan fingerprint density at radius 2 is 1.28 bits per heavy atom. The number of aliphatic hydroxyl groups excluding tert-OH is 1. The van der Waals surface area contributed by atoms with E-state index in [2.05, 4.69) is 42.7 Å². The number of aliphatic hydroxyl groups is 1. The molecule has 0 fully saturated rings. The van der Waals surface area contributed by atoms with Crippen molar-refractivity contribution in [1.82, 2.24) is 0 Å². The highest BCUT2D eigenvalue weighted by molar-refractivity contribution is 7.47. The van der Waals surface area contributed by atoms with E-state index in [0.717, 1.165) is 77.0 Å². The van der Waals surface area contributed by atoms with Crippen LogP contribution < -0.4 is 5.73 Å². The number of phosphoric ester groups is 1. The van der Waals surface area contributed by atoms with Gasteiger partial charge in [-0.25, -0.2) is 4.57 Å². The van der Waals surface area contributed by atoms with Crippen molar-refractivity contribution in [2.24, 2.45) is 5.73 Å². The molecule has 4 atom stereocenters. The zero-order chi connectivity index (χ0) is 39.4. The van der Waals surface area contributed by atoms with E-state index in [1.165, 1.54) is 25.7 Å². The predicted octanol–water partition coefficient (Wildman–Crippen LogP) is 8.80. The summed E-state index contributed by atoms with van der Waals surface area (Å²) in [5, 5.41) is 19.0. The second kappa shape index (κ2) is 35.1. The van der Waals surface area contributed by atoms with Gasteiger partial charge in [-0.3, -0.25) is 23.4 Å². The van der Waals surface area contributed by atoms with E-state index < -0.39 is 57.2 Å². The molecule has 0 aromatic heterocycles. The molecular weight excluding hydrogens is 701 g/mol. The fraction of sp³-hybridized carbons (Fsp3) is 0.725. The maximum absolute atomic E-state index is 12.6. The van der Waals surface area contributed by atoms with Gasteiger partial charge in [0, 0.05) is 12.8 Å². The molecule has 0 aromatic rings. The van der Waals surface area contributed by atoms with E-state index in [0.29, 0.717) is 19.3 Å². The molecule has 5 N–H and O–H groups in total. The van der Waals surface area contributed by atoms with E-state index >= 15 is 0 Å². The second-order valence-corrected chi connectivity index (χ2v) is 14.7. The number of hydrogen-bond acceptors (Lipinski definition) is 10. The summed E-state index contributed by atoms with van der Waals surface area (Å²) in [6, 6.07) is -1.54. The standard InChI is InChI=1S/C40H70NO11P/c1-3-5-7-9-11-12-13-14-15-16-18-22-26-30-38(43)49-32-36(33-50-53(47,48)51-34-37(41)40(45)46)52-39(44)31-27-23-19-21-25-29-35(42)28-24-20-17-10-8-6-4-2/h6,8,12-13,17,20,24,28,35-37,42H,3-5,7,9-11,14-16,18-19,21-23,25-27,29-34,41H2,1-2H3,(H,45,46)(H,47,48)/b8-6+,13-12-,20-17+,28-24+/t35?,36-,37+/m1/s1. The smallest absolute Gasteiger partial charge is 0.472 e. The molecule has 0 saturated carbocycles. The Kier molecular flexibility index (Phi) is 33.4. The lowest BCUT2D eigenvalue weighted by molar-refractivity contribution is -0.161. The summed E-state index contributed by atoms with van der Waals surface area (Å²) in [6.07, 6.45) is 33.4. The Bertz CT molecular complexity index is 1110. The van der Waals surface area contributed by atoms with Crippen LogP contribution in [-0.2, 0) is 37.5 Å². The zero-order valence-corrected chi connectivity index (χ0v) is 33.3. The predicted molar refractivity (Wildman–Crippen MR) is 209 cm³/mol. The average Bonchev–Trinajstić information content (AvgIpc) is 3.12. The highest BCUT2D eigenvalue weighted by Gasteiger charge is 2.28. The number of carbonyl (C=O) groups is 3. The number of carbonyl (C=O) groups excluding carboxylic acids is 2. The quantitative estimate of drug-likeness (QED) is 0.0156. The van der Waals surface area contributed by atoms with Crippen LogP contribution in [-0.4, -0.2) is 71.1 Å². The van der Waals surface area contributed by atoms with Gasteiger partial charge < -0.3 is 30.3 Å². The molecule has 0 amide bonds. The third-order valence-electron chi connectivity index (χ3n) is 8.16. The Hall–Kier alpha value is -2.60. The lowest BCUT2D eigenvalue weighted by Crippen LogP contribution is -2.34. The first-order chi connectivity index (χ1) is 25.5. The van der Waals surface area contributed by atoms with Crippen LogP contribution in [0, 0.1) is 0 Å². The number of esters is 2. The number of carboxylic acid groups (broad SMARTS) is 1. The molecule has 13 heteroatoms. The van der Waals surface area contributed by atoms with Crippen molar-refractivity contribution < 1.29 is 52.6 Å². The van der Waals surface area contributed by atoms with Crippen LogP contribution in [0.3, 0.4) is 0 Å². The van der Waals surface area contributed by atoms with Crippen LogP contribution in [0.25, 0.3) is 0 Å². The third kappa shape index (κ3) is 34.9. The van der Waals surface area contributed by atoms with Gasteiger partial charge >= 0.3 is 25.7 Å². The second-order valence-electron chi connectivity index (χ2n) is 13.2. The Morgan fingerprint density at radius 3 is 1.92 bits per heavy atom. The van der Waals surface area contributed by atoms with Gasteiger partial charge in [0.1, 0.15) is 12.6 Å². The minimum atomic E-state index is -4.74. The Morgan fingerprint density at radius 1 is 0.698 bits per heavy atom. The molecule has 0 rings (SSSR count). The van der Waals surface area contributed by atoms with E-state index in [1.54, 1.807) is 6.08 Å². The zero-order valence-electron chi connectivity index (χ0n) is 32.5.